The van der Waals surface area contributed by atoms with Crippen molar-refractivity contribution in [2.24, 2.45) is 0 Å². The van der Waals surface area contributed by atoms with Crippen molar-refractivity contribution in [3.63, 3.8) is 0 Å². The molecule has 25 heavy (non-hydrogen) atoms. The second kappa shape index (κ2) is 6.43. The first-order chi connectivity index (χ1) is 12.2. The zero-order valence-electron chi connectivity index (χ0n) is 14.6. The van der Waals surface area contributed by atoms with Gasteiger partial charge in [0, 0.05) is 35.0 Å². The van der Waals surface area contributed by atoms with Crippen LogP contribution in [0.4, 0.5) is 11.4 Å². The van der Waals surface area contributed by atoms with Crippen LogP contribution in [0, 0.1) is 0 Å². The molecule has 2 aromatic rings. The average molecular weight is 336 g/mol. The fourth-order valence-electron chi connectivity index (χ4n) is 4.22. The zero-order valence-corrected chi connectivity index (χ0v) is 14.6. The van der Waals surface area contributed by atoms with Gasteiger partial charge < -0.3 is 15.4 Å². The second-order valence-electron chi connectivity index (χ2n) is 7.14. The Morgan fingerprint density at radius 2 is 1.96 bits per heavy atom. The minimum atomic E-state index is -0.0751. The lowest BCUT2D eigenvalue weighted by atomic mass is 9.70. The van der Waals surface area contributed by atoms with Gasteiger partial charge in [-0.05, 0) is 48.7 Å². The topological polar surface area (TPSA) is 50.4 Å². The van der Waals surface area contributed by atoms with E-state index in [0.717, 1.165) is 23.5 Å². The molecule has 1 heterocycles. The zero-order chi connectivity index (χ0) is 17.3. The fourth-order valence-corrected chi connectivity index (χ4v) is 4.22. The Morgan fingerprint density at radius 1 is 1.12 bits per heavy atom. The lowest BCUT2D eigenvalue weighted by Crippen LogP contribution is -2.31. The third kappa shape index (κ3) is 2.97. The normalized spacial score (nSPS) is 17.6. The molecule has 4 rings (SSSR count). The van der Waals surface area contributed by atoms with E-state index >= 15 is 0 Å². The SMILES string of the molecule is COc1cccc(NC(=O)c2ccc3c(c2)C2(CCCCC2)CN3)c1. The van der Waals surface area contributed by atoms with Crippen molar-refractivity contribution < 1.29 is 9.53 Å². The molecule has 2 aliphatic rings. The van der Waals surface area contributed by atoms with Crippen LogP contribution in [0.3, 0.4) is 0 Å². The lowest BCUT2D eigenvalue weighted by molar-refractivity contribution is 0.102. The molecule has 0 atom stereocenters. The first kappa shape index (κ1) is 16.0. The maximum atomic E-state index is 12.7. The van der Waals surface area contributed by atoms with Gasteiger partial charge in [0.25, 0.3) is 5.91 Å². The molecular formula is C21H24N2O2. The van der Waals surface area contributed by atoms with Gasteiger partial charge in [-0.25, -0.2) is 0 Å². The number of methoxy groups -OCH3 is 1. The van der Waals surface area contributed by atoms with Gasteiger partial charge in [0.15, 0.2) is 0 Å². The summed E-state index contributed by atoms with van der Waals surface area (Å²) in [7, 11) is 1.62. The predicted octanol–water partition coefficient (Wildman–Crippen LogP) is 4.57. The first-order valence-corrected chi connectivity index (χ1v) is 9.04. The van der Waals surface area contributed by atoms with E-state index in [-0.39, 0.29) is 11.3 Å². The van der Waals surface area contributed by atoms with Crippen molar-refractivity contribution in [1.29, 1.82) is 0 Å². The molecule has 0 unspecified atom stereocenters. The molecule has 0 bridgehead atoms. The van der Waals surface area contributed by atoms with E-state index < -0.39 is 0 Å². The van der Waals surface area contributed by atoms with Crippen LogP contribution >= 0.6 is 0 Å². The van der Waals surface area contributed by atoms with E-state index in [4.69, 9.17) is 4.74 Å². The van der Waals surface area contributed by atoms with Crippen molar-refractivity contribution >= 4 is 17.3 Å². The van der Waals surface area contributed by atoms with Crippen LogP contribution in [0.25, 0.3) is 0 Å². The van der Waals surface area contributed by atoms with Crippen LogP contribution in [0.2, 0.25) is 0 Å². The third-order valence-corrected chi connectivity index (χ3v) is 5.61. The van der Waals surface area contributed by atoms with Crippen LogP contribution < -0.4 is 15.4 Å². The molecule has 1 fully saturated rings. The van der Waals surface area contributed by atoms with Gasteiger partial charge in [-0.2, -0.15) is 0 Å². The molecule has 0 saturated heterocycles. The Bertz CT molecular complexity index is 789. The summed E-state index contributed by atoms with van der Waals surface area (Å²) in [5, 5.41) is 6.52. The summed E-state index contributed by atoms with van der Waals surface area (Å²) in [6.07, 6.45) is 6.32. The molecule has 2 N–H and O–H groups in total. The number of hydrogen-bond donors (Lipinski definition) is 2. The standard InChI is InChI=1S/C21H24N2O2/c1-25-17-7-5-6-16(13-17)23-20(24)15-8-9-19-18(12-15)21(14-22-19)10-3-2-4-11-21/h5-9,12-13,22H,2-4,10-11,14H2,1H3,(H,23,24). The van der Waals surface area contributed by atoms with Crippen LogP contribution in [-0.4, -0.2) is 19.6 Å². The number of anilines is 2. The van der Waals surface area contributed by atoms with E-state index in [1.54, 1.807) is 7.11 Å². The van der Waals surface area contributed by atoms with E-state index in [1.807, 2.05) is 30.3 Å². The Kier molecular flexibility index (Phi) is 4.12. The van der Waals surface area contributed by atoms with Crippen molar-refractivity contribution in [2.75, 3.05) is 24.3 Å². The highest BCUT2D eigenvalue weighted by molar-refractivity contribution is 6.04. The Balaban J connectivity index is 1.59. The van der Waals surface area contributed by atoms with Crippen LogP contribution in [-0.2, 0) is 5.41 Å². The van der Waals surface area contributed by atoms with Gasteiger partial charge in [-0.15, -0.1) is 0 Å². The van der Waals surface area contributed by atoms with Crippen molar-refractivity contribution in [1.82, 2.24) is 0 Å². The number of ether oxygens (including phenoxy) is 1. The summed E-state index contributed by atoms with van der Waals surface area (Å²) in [6, 6.07) is 13.5. The quantitative estimate of drug-likeness (QED) is 0.863. The number of nitrogens with one attached hydrogen (secondary N) is 2. The highest BCUT2D eigenvalue weighted by atomic mass is 16.5. The summed E-state index contributed by atoms with van der Waals surface area (Å²) >= 11 is 0. The van der Waals surface area contributed by atoms with Gasteiger partial charge in [0.05, 0.1) is 7.11 Å². The van der Waals surface area contributed by atoms with Crippen molar-refractivity contribution in [2.45, 2.75) is 37.5 Å². The number of carbonyl (C=O) groups excluding carboxylic acids is 1. The van der Waals surface area contributed by atoms with Crippen LogP contribution in [0.5, 0.6) is 5.75 Å². The summed E-state index contributed by atoms with van der Waals surface area (Å²) in [6.45, 7) is 1.00. The molecule has 0 radical (unpaired) electrons. The van der Waals surface area contributed by atoms with Crippen molar-refractivity contribution in [3.8, 4) is 5.75 Å². The number of benzene rings is 2. The Hall–Kier alpha value is -2.49. The summed E-state index contributed by atoms with van der Waals surface area (Å²) in [5.41, 5.74) is 4.20. The molecule has 1 aliphatic carbocycles. The minimum absolute atomic E-state index is 0.0751. The van der Waals surface area contributed by atoms with Crippen LogP contribution in [0.15, 0.2) is 42.5 Å². The number of amides is 1. The summed E-state index contributed by atoms with van der Waals surface area (Å²) in [5.74, 6) is 0.658. The molecule has 0 aromatic heterocycles. The highest BCUT2D eigenvalue weighted by Crippen LogP contribution is 2.46. The van der Waals surface area contributed by atoms with Gasteiger partial charge in [-0.3, -0.25) is 4.79 Å². The number of fused-ring (bicyclic) bond motifs is 2. The largest absolute Gasteiger partial charge is 0.497 e. The molecular weight excluding hydrogens is 312 g/mol. The molecule has 2 aromatic carbocycles. The average Bonchev–Trinajstić information content (AvgIpc) is 3.00. The molecule has 1 spiro atoms. The van der Waals surface area contributed by atoms with E-state index in [0.29, 0.717) is 0 Å². The van der Waals surface area contributed by atoms with Gasteiger partial charge in [0.2, 0.25) is 0 Å². The Morgan fingerprint density at radius 3 is 2.76 bits per heavy atom. The van der Waals surface area contributed by atoms with Crippen LogP contribution in [0.1, 0.15) is 48.0 Å². The number of carbonyl (C=O) groups is 1. The van der Waals surface area contributed by atoms with Crippen molar-refractivity contribution in [3.05, 3.63) is 53.6 Å². The Labute approximate surface area is 148 Å². The molecule has 1 aliphatic heterocycles. The maximum absolute atomic E-state index is 12.7. The molecule has 4 nitrogen and oxygen atoms in total. The predicted molar refractivity (Wildman–Crippen MR) is 101 cm³/mol. The smallest absolute Gasteiger partial charge is 0.255 e. The highest BCUT2D eigenvalue weighted by Gasteiger charge is 2.39. The summed E-state index contributed by atoms with van der Waals surface area (Å²) < 4.78 is 5.22. The maximum Gasteiger partial charge on any atom is 0.255 e. The fraction of sp³-hybridized carbons (Fsp3) is 0.381. The van der Waals surface area contributed by atoms with Gasteiger partial charge in [-0.1, -0.05) is 25.3 Å². The molecule has 130 valence electrons. The lowest BCUT2D eigenvalue weighted by Gasteiger charge is -2.33. The monoisotopic (exact) mass is 336 g/mol. The minimum Gasteiger partial charge on any atom is -0.497 e. The van der Waals surface area contributed by atoms with Gasteiger partial charge in [0.1, 0.15) is 5.75 Å². The molecule has 1 saturated carbocycles. The molecule has 1 amide bonds. The van der Waals surface area contributed by atoms with E-state index in [2.05, 4.69) is 22.8 Å². The number of hydrogen-bond acceptors (Lipinski definition) is 3. The number of rotatable bonds is 3. The van der Waals surface area contributed by atoms with E-state index in [9.17, 15) is 4.79 Å². The molecule has 4 heteroatoms. The van der Waals surface area contributed by atoms with E-state index in [1.165, 1.54) is 43.4 Å². The summed E-state index contributed by atoms with van der Waals surface area (Å²) in [4.78, 5) is 12.7. The second-order valence-corrected chi connectivity index (χ2v) is 7.14. The van der Waals surface area contributed by atoms with Gasteiger partial charge >= 0.3 is 0 Å². The third-order valence-electron chi connectivity index (χ3n) is 5.61. The first-order valence-electron chi connectivity index (χ1n) is 9.04.